The van der Waals surface area contributed by atoms with Crippen molar-refractivity contribution in [2.24, 2.45) is 0 Å². The second-order valence-electron chi connectivity index (χ2n) is 7.34. The van der Waals surface area contributed by atoms with Gasteiger partial charge in [0.2, 0.25) is 0 Å². The van der Waals surface area contributed by atoms with E-state index in [2.05, 4.69) is 25.8 Å². The topological polar surface area (TPSA) is 73.1 Å². The summed E-state index contributed by atoms with van der Waals surface area (Å²) in [4.78, 5) is 27.7. The molecule has 1 atom stereocenters. The summed E-state index contributed by atoms with van der Waals surface area (Å²) < 4.78 is 1.48. The number of rotatable bonds is 5. The number of non-ortho nitro benzene ring substituents is 1. The Balaban J connectivity index is 1.76. The van der Waals surface area contributed by atoms with Crippen LogP contribution in [0.15, 0.2) is 46.8 Å². The van der Waals surface area contributed by atoms with E-state index in [1.807, 2.05) is 31.2 Å². The van der Waals surface area contributed by atoms with Crippen molar-refractivity contribution < 1.29 is 9.72 Å². The van der Waals surface area contributed by atoms with Crippen LogP contribution in [0.2, 0.25) is 0 Å². The summed E-state index contributed by atoms with van der Waals surface area (Å²) in [6.45, 7) is 8.28. The van der Waals surface area contributed by atoms with E-state index in [-0.39, 0.29) is 22.1 Å². The summed E-state index contributed by atoms with van der Waals surface area (Å²) >= 11 is 2.76. The van der Waals surface area contributed by atoms with Crippen LogP contribution in [0.4, 0.5) is 5.69 Å². The maximum atomic E-state index is 12.7. The summed E-state index contributed by atoms with van der Waals surface area (Å²) in [6.07, 6.45) is 0. The fourth-order valence-corrected chi connectivity index (χ4v) is 4.95. The number of thiazole rings is 1. The number of carbonyl (C=O) groups excluding carboxylic acids is 1. The van der Waals surface area contributed by atoms with Crippen molar-refractivity contribution in [3.8, 4) is 0 Å². The minimum Gasteiger partial charge on any atom is -0.293 e. The molecule has 140 valence electrons. The molecule has 0 aliphatic carbocycles. The second kappa shape index (κ2) is 7.40. The highest BCUT2D eigenvalue weighted by atomic mass is 32.2. The Bertz CT molecular complexity index is 1000. The standard InChI is InChI=1S/C20H20N2O3S2/c1-12(18(23)13-5-7-14(8-6-13)20(2,3)4)26-19-21-16-10-9-15(22(24)25)11-17(16)27-19/h5-12H,1-4H3/t12-/m1/s1. The molecule has 7 heteroatoms. The van der Waals surface area contributed by atoms with Gasteiger partial charge < -0.3 is 0 Å². The number of ketones is 1. The number of nitrogens with zero attached hydrogens (tertiary/aromatic N) is 2. The van der Waals surface area contributed by atoms with E-state index in [1.54, 1.807) is 6.07 Å². The molecule has 0 fully saturated rings. The number of fused-ring (bicyclic) bond motifs is 1. The molecule has 0 radical (unpaired) electrons. The Morgan fingerprint density at radius 3 is 2.44 bits per heavy atom. The SMILES string of the molecule is C[C@@H](Sc1nc2ccc([N+](=O)[O-])cc2s1)C(=O)c1ccc(C(C)(C)C)cc1. The lowest BCUT2D eigenvalue weighted by molar-refractivity contribution is -0.384. The highest BCUT2D eigenvalue weighted by Gasteiger charge is 2.20. The first-order valence-corrected chi connectivity index (χ1v) is 10.2. The Kier molecular flexibility index (Phi) is 5.35. The van der Waals surface area contributed by atoms with E-state index in [1.165, 1.54) is 40.8 Å². The van der Waals surface area contributed by atoms with E-state index in [0.717, 1.165) is 9.04 Å². The van der Waals surface area contributed by atoms with E-state index in [0.29, 0.717) is 11.1 Å². The van der Waals surface area contributed by atoms with Crippen LogP contribution in [0.3, 0.4) is 0 Å². The molecular weight excluding hydrogens is 380 g/mol. The highest BCUT2D eigenvalue weighted by molar-refractivity contribution is 8.02. The van der Waals surface area contributed by atoms with Crippen molar-refractivity contribution >= 4 is 44.8 Å². The number of nitro groups is 1. The van der Waals surface area contributed by atoms with Gasteiger partial charge in [-0.1, -0.05) is 56.8 Å². The monoisotopic (exact) mass is 400 g/mol. The number of hydrogen-bond donors (Lipinski definition) is 0. The largest absolute Gasteiger partial charge is 0.293 e. The van der Waals surface area contributed by atoms with Gasteiger partial charge in [-0.3, -0.25) is 14.9 Å². The zero-order valence-corrected chi connectivity index (χ0v) is 17.2. The summed E-state index contributed by atoms with van der Waals surface area (Å²) in [6, 6.07) is 12.4. The molecule has 0 spiro atoms. The van der Waals surface area contributed by atoms with Gasteiger partial charge in [0, 0.05) is 17.7 Å². The van der Waals surface area contributed by atoms with Gasteiger partial charge in [-0.05, 0) is 24.0 Å². The van der Waals surface area contributed by atoms with E-state index in [4.69, 9.17) is 0 Å². The Labute approximate surface area is 166 Å². The Hall–Kier alpha value is -2.25. The molecule has 27 heavy (non-hydrogen) atoms. The maximum Gasteiger partial charge on any atom is 0.270 e. The molecule has 0 bridgehead atoms. The van der Waals surface area contributed by atoms with Gasteiger partial charge in [0.25, 0.3) is 5.69 Å². The zero-order valence-electron chi connectivity index (χ0n) is 15.6. The second-order valence-corrected chi connectivity index (χ2v) is 9.96. The molecule has 0 aliphatic rings. The van der Waals surface area contributed by atoms with E-state index < -0.39 is 4.92 Å². The highest BCUT2D eigenvalue weighted by Crippen LogP contribution is 2.34. The average molecular weight is 401 g/mol. The number of benzene rings is 2. The maximum absolute atomic E-state index is 12.7. The van der Waals surface area contributed by atoms with Crippen molar-refractivity contribution in [1.29, 1.82) is 0 Å². The molecule has 3 aromatic rings. The lowest BCUT2D eigenvalue weighted by atomic mass is 9.86. The first kappa shape index (κ1) is 19.5. The Morgan fingerprint density at radius 1 is 1.19 bits per heavy atom. The summed E-state index contributed by atoms with van der Waals surface area (Å²) in [5.41, 5.74) is 2.67. The van der Waals surface area contributed by atoms with Crippen LogP contribution in [0.1, 0.15) is 43.6 Å². The van der Waals surface area contributed by atoms with Gasteiger partial charge in [0.15, 0.2) is 10.1 Å². The average Bonchev–Trinajstić information content (AvgIpc) is 3.01. The third-order valence-electron chi connectivity index (χ3n) is 4.25. The molecule has 0 saturated heterocycles. The summed E-state index contributed by atoms with van der Waals surface area (Å²) in [5.74, 6) is 0.0469. The zero-order chi connectivity index (χ0) is 19.8. The molecule has 5 nitrogen and oxygen atoms in total. The number of thioether (sulfide) groups is 1. The molecule has 2 aromatic carbocycles. The van der Waals surface area contributed by atoms with Crippen LogP contribution in [0.25, 0.3) is 10.2 Å². The van der Waals surface area contributed by atoms with E-state index >= 15 is 0 Å². The number of aromatic nitrogens is 1. The van der Waals surface area contributed by atoms with Gasteiger partial charge in [0.05, 0.1) is 20.4 Å². The molecule has 1 aromatic heterocycles. The number of hydrogen-bond acceptors (Lipinski definition) is 6. The van der Waals surface area contributed by atoms with Crippen molar-refractivity contribution in [2.45, 2.75) is 42.7 Å². The third kappa shape index (κ3) is 4.36. The van der Waals surface area contributed by atoms with Crippen LogP contribution in [-0.2, 0) is 5.41 Å². The minimum atomic E-state index is -0.417. The summed E-state index contributed by atoms with van der Waals surface area (Å²) in [7, 11) is 0. The Morgan fingerprint density at radius 2 is 1.85 bits per heavy atom. The van der Waals surface area contributed by atoms with Crippen molar-refractivity contribution in [2.75, 3.05) is 0 Å². The summed E-state index contributed by atoms with van der Waals surface area (Å²) in [5, 5.41) is 10.6. The van der Waals surface area contributed by atoms with Gasteiger partial charge in [-0.15, -0.1) is 11.3 Å². The lowest BCUT2D eigenvalue weighted by Crippen LogP contribution is -2.15. The third-order valence-corrected chi connectivity index (χ3v) is 6.46. The fraction of sp³-hybridized carbons (Fsp3) is 0.300. The molecule has 0 N–H and O–H groups in total. The smallest absolute Gasteiger partial charge is 0.270 e. The fourth-order valence-electron chi connectivity index (χ4n) is 2.63. The van der Waals surface area contributed by atoms with Gasteiger partial charge in [-0.25, -0.2) is 4.98 Å². The van der Waals surface area contributed by atoms with Crippen molar-refractivity contribution in [1.82, 2.24) is 4.98 Å². The first-order chi connectivity index (χ1) is 12.6. The predicted octanol–water partition coefficient (Wildman–Crippen LogP) is 5.87. The lowest BCUT2D eigenvalue weighted by Gasteiger charge is -2.19. The van der Waals surface area contributed by atoms with Gasteiger partial charge in [-0.2, -0.15) is 0 Å². The van der Waals surface area contributed by atoms with Gasteiger partial charge >= 0.3 is 0 Å². The molecule has 1 heterocycles. The molecule has 3 rings (SSSR count). The van der Waals surface area contributed by atoms with Crippen LogP contribution in [0.5, 0.6) is 0 Å². The first-order valence-electron chi connectivity index (χ1n) is 8.51. The number of nitro benzene ring substituents is 1. The van der Waals surface area contributed by atoms with Crippen LogP contribution < -0.4 is 0 Å². The van der Waals surface area contributed by atoms with Gasteiger partial charge in [0.1, 0.15) is 0 Å². The molecule has 0 amide bonds. The van der Waals surface area contributed by atoms with Crippen LogP contribution >= 0.6 is 23.1 Å². The van der Waals surface area contributed by atoms with Crippen molar-refractivity contribution in [3.63, 3.8) is 0 Å². The number of carbonyl (C=O) groups is 1. The van der Waals surface area contributed by atoms with Crippen LogP contribution in [0, 0.1) is 10.1 Å². The van der Waals surface area contributed by atoms with Crippen molar-refractivity contribution in [3.05, 3.63) is 63.7 Å². The molecule has 0 aliphatic heterocycles. The molecule has 0 saturated carbocycles. The number of Topliss-reactive ketones (excluding diaryl/α,β-unsaturated/α-hetero) is 1. The predicted molar refractivity (Wildman–Crippen MR) is 111 cm³/mol. The van der Waals surface area contributed by atoms with E-state index in [9.17, 15) is 14.9 Å². The quantitative estimate of drug-likeness (QED) is 0.232. The van der Waals surface area contributed by atoms with Crippen LogP contribution in [-0.4, -0.2) is 20.9 Å². The minimum absolute atomic E-state index is 0.0469. The molecular formula is C20H20N2O3S2. The normalized spacial score (nSPS) is 12.9. The molecule has 0 unspecified atom stereocenters.